The summed E-state index contributed by atoms with van der Waals surface area (Å²) >= 11 is 0. The molecule has 1 unspecified atom stereocenters. The molecule has 0 aromatic carbocycles. The van der Waals surface area contributed by atoms with Gasteiger partial charge in [-0.1, -0.05) is 19.8 Å². The highest BCUT2D eigenvalue weighted by Crippen LogP contribution is 2.42. The molecule has 0 saturated heterocycles. The fourth-order valence-electron chi connectivity index (χ4n) is 3.34. The molecule has 0 spiro atoms. The average molecular weight is 250 g/mol. The van der Waals surface area contributed by atoms with Gasteiger partial charge >= 0.3 is 0 Å². The Bertz CT molecular complexity index is 377. The van der Waals surface area contributed by atoms with E-state index >= 15 is 0 Å². The number of hydrogen-bond donors (Lipinski definition) is 1. The minimum atomic E-state index is 0.227. The number of aromatic nitrogens is 2. The van der Waals surface area contributed by atoms with Gasteiger partial charge in [0.05, 0.1) is 11.7 Å². The maximum atomic E-state index is 4.63. The van der Waals surface area contributed by atoms with Gasteiger partial charge in [-0.2, -0.15) is 5.10 Å². The second-order valence-electron chi connectivity index (χ2n) is 5.61. The second-order valence-corrected chi connectivity index (χ2v) is 5.61. The summed E-state index contributed by atoms with van der Waals surface area (Å²) in [7, 11) is 6.40. The Morgan fingerprint density at radius 1 is 1.44 bits per heavy atom. The number of likely N-dealkylation sites (N-methyl/N-ethyl adjacent to an activating group) is 2. The fraction of sp³-hybridized carbons (Fsp3) is 0.786. The molecule has 1 saturated carbocycles. The van der Waals surface area contributed by atoms with Crippen LogP contribution in [0.1, 0.15) is 44.3 Å². The van der Waals surface area contributed by atoms with Crippen LogP contribution in [-0.4, -0.2) is 40.9 Å². The van der Waals surface area contributed by atoms with Gasteiger partial charge in [0.1, 0.15) is 0 Å². The zero-order valence-corrected chi connectivity index (χ0v) is 12.1. The summed E-state index contributed by atoms with van der Waals surface area (Å²) in [6.07, 6.45) is 7.21. The lowest BCUT2D eigenvalue weighted by atomic mass is 9.84. The van der Waals surface area contributed by atoms with Gasteiger partial charge in [-0.05, 0) is 39.5 Å². The van der Waals surface area contributed by atoms with Crippen LogP contribution in [0.25, 0.3) is 0 Å². The van der Waals surface area contributed by atoms with Crippen LogP contribution in [0.4, 0.5) is 0 Å². The fourth-order valence-corrected chi connectivity index (χ4v) is 3.34. The van der Waals surface area contributed by atoms with Crippen LogP contribution < -0.4 is 5.32 Å². The molecule has 0 radical (unpaired) electrons. The van der Waals surface area contributed by atoms with Crippen LogP contribution in [0.5, 0.6) is 0 Å². The van der Waals surface area contributed by atoms with Crippen LogP contribution in [-0.2, 0) is 7.05 Å². The van der Waals surface area contributed by atoms with E-state index in [1.54, 1.807) is 0 Å². The first-order valence-electron chi connectivity index (χ1n) is 7.00. The van der Waals surface area contributed by atoms with Crippen molar-refractivity contribution in [2.75, 3.05) is 20.6 Å². The van der Waals surface area contributed by atoms with Gasteiger partial charge < -0.3 is 10.2 Å². The molecule has 4 nitrogen and oxygen atoms in total. The van der Waals surface area contributed by atoms with Crippen LogP contribution in [0.3, 0.4) is 0 Å². The van der Waals surface area contributed by atoms with Gasteiger partial charge in [-0.15, -0.1) is 0 Å². The Morgan fingerprint density at radius 3 is 2.56 bits per heavy atom. The Labute approximate surface area is 110 Å². The standard InChI is InChI=1S/C14H26N4/c1-5-15-13(12-8-11-18(4)16-12)14(17(2)3)9-6-7-10-14/h8,11,13,15H,5-7,9-10H2,1-4H3. The molecule has 2 rings (SSSR count). The predicted octanol–water partition coefficient (Wildman–Crippen LogP) is 1.95. The second kappa shape index (κ2) is 5.41. The molecule has 1 aliphatic carbocycles. The number of rotatable bonds is 5. The van der Waals surface area contributed by atoms with Crippen LogP contribution in [0.2, 0.25) is 0 Å². The number of nitrogens with zero attached hydrogens (tertiary/aromatic N) is 3. The first kappa shape index (κ1) is 13.6. The summed E-state index contributed by atoms with van der Waals surface area (Å²) in [6, 6.07) is 2.48. The molecule has 1 heterocycles. The summed E-state index contributed by atoms with van der Waals surface area (Å²) < 4.78 is 1.90. The SMILES string of the molecule is CCNC(c1ccn(C)n1)C1(N(C)C)CCCC1. The maximum absolute atomic E-state index is 4.63. The largest absolute Gasteiger partial charge is 0.307 e. The van der Waals surface area contributed by atoms with Crippen LogP contribution in [0, 0.1) is 0 Å². The topological polar surface area (TPSA) is 33.1 Å². The Morgan fingerprint density at radius 2 is 2.11 bits per heavy atom. The normalized spacial score (nSPS) is 20.5. The Kier molecular flexibility index (Phi) is 4.07. The van der Waals surface area contributed by atoms with Crippen molar-refractivity contribution in [2.24, 2.45) is 7.05 Å². The van der Waals surface area contributed by atoms with E-state index < -0.39 is 0 Å². The monoisotopic (exact) mass is 250 g/mol. The Hall–Kier alpha value is -0.870. The van der Waals surface area contributed by atoms with Crippen LogP contribution >= 0.6 is 0 Å². The molecule has 102 valence electrons. The van der Waals surface area contributed by atoms with Crippen molar-refractivity contribution in [1.82, 2.24) is 20.0 Å². The summed E-state index contributed by atoms with van der Waals surface area (Å²) in [6.45, 7) is 3.16. The molecule has 1 aliphatic rings. The quantitative estimate of drug-likeness (QED) is 0.867. The van der Waals surface area contributed by atoms with Crippen molar-refractivity contribution in [2.45, 2.75) is 44.2 Å². The first-order valence-corrected chi connectivity index (χ1v) is 7.00. The van der Waals surface area contributed by atoms with Gasteiger partial charge in [0, 0.05) is 18.8 Å². The van der Waals surface area contributed by atoms with Gasteiger partial charge in [0.25, 0.3) is 0 Å². The highest BCUT2D eigenvalue weighted by Gasteiger charge is 2.44. The summed E-state index contributed by atoms with van der Waals surface area (Å²) in [5, 5.41) is 8.29. The smallest absolute Gasteiger partial charge is 0.0812 e. The summed E-state index contributed by atoms with van der Waals surface area (Å²) in [5.41, 5.74) is 1.40. The van der Waals surface area contributed by atoms with Crippen molar-refractivity contribution < 1.29 is 0 Å². The average Bonchev–Trinajstić information content (AvgIpc) is 2.95. The van der Waals surface area contributed by atoms with E-state index in [0.717, 1.165) is 6.54 Å². The molecule has 1 N–H and O–H groups in total. The zero-order valence-electron chi connectivity index (χ0n) is 12.1. The van der Waals surface area contributed by atoms with E-state index in [2.05, 4.69) is 42.4 Å². The van der Waals surface area contributed by atoms with Crippen LogP contribution in [0.15, 0.2) is 12.3 Å². The molecule has 1 fully saturated rings. The minimum Gasteiger partial charge on any atom is -0.307 e. The van der Waals surface area contributed by atoms with Gasteiger partial charge in [0.15, 0.2) is 0 Å². The minimum absolute atomic E-state index is 0.227. The molecule has 0 amide bonds. The van der Waals surface area contributed by atoms with E-state index in [9.17, 15) is 0 Å². The lowest BCUT2D eigenvalue weighted by Gasteiger charge is -2.43. The van der Waals surface area contributed by atoms with E-state index in [0.29, 0.717) is 6.04 Å². The van der Waals surface area contributed by atoms with Crippen molar-refractivity contribution in [1.29, 1.82) is 0 Å². The molecular formula is C14H26N4. The lowest BCUT2D eigenvalue weighted by Crippen LogP contribution is -2.52. The molecule has 1 atom stereocenters. The Balaban J connectivity index is 2.33. The predicted molar refractivity (Wildman–Crippen MR) is 74.5 cm³/mol. The summed E-state index contributed by atoms with van der Waals surface area (Å²) in [4.78, 5) is 2.40. The van der Waals surface area contributed by atoms with Crippen molar-refractivity contribution in [3.05, 3.63) is 18.0 Å². The molecule has 0 aliphatic heterocycles. The van der Waals surface area contributed by atoms with E-state index in [4.69, 9.17) is 0 Å². The van der Waals surface area contributed by atoms with E-state index in [1.807, 2.05) is 17.9 Å². The highest BCUT2D eigenvalue weighted by atomic mass is 15.3. The molecular weight excluding hydrogens is 224 g/mol. The third kappa shape index (κ3) is 2.31. The molecule has 0 bridgehead atoms. The lowest BCUT2D eigenvalue weighted by molar-refractivity contribution is 0.103. The van der Waals surface area contributed by atoms with Gasteiger partial charge in [-0.3, -0.25) is 4.68 Å². The van der Waals surface area contributed by atoms with Crippen molar-refractivity contribution >= 4 is 0 Å². The number of nitrogens with one attached hydrogen (secondary N) is 1. The molecule has 4 heteroatoms. The first-order chi connectivity index (χ1) is 8.60. The number of aryl methyl sites for hydroxylation is 1. The van der Waals surface area contributed by atoms with Gasteiger partial charge in [0.2, 0.25) is 0 Å². The molecule has 1 aromatic heterocycles. The third-order valence-electron chi connectivity index (χ3n) is 4.34. The maximum Gasteiger partial charge on any atom is 0.0812 e. The van der Waals surface area contributed by atoms with Crippen molar-refractivity contribution in [3.63, 3.8) is 0 Å². The van der Waals surface area contributed by atoms with Gasteiger partial charge in [-0.25, -0.2) is 0 Å². The zero-order chi connectivity index (χ0) is 13.2. The summed E-state index contributed by atoms with van der Waals surface area (Å²) in [5.74, 6) is 0. The molecule has 1 aromatic rings. The van der Waals surface area contributed by atoms with Crippen molar-refractivity contribution in [3.8, 4) is 0 Å². The van der Waals surface area contributed by atoms with E-state index in [-0.39, 0.29) is 5.54 Å². The molecule has 18 heavy (non-hydrogen) atoms. The highest BCUT2D eigenvalue weighted by molar-refractivity contribution is 5.16. The van der Waals surface area contributed by atoms with E-state index in [1.165, 1.54) is 31.4 Å². The third-order valence-corrected chi connectivity index (χ3v) is 4.34. The number of hydrogen-bond acceptors (Lipinski definition) is 3.